The van der Waals surface area contributed by atoms with Gasteiger partial charge >= 0.3 is 5.97 Å². The average Bonchev–Trinajstić information content (AvgIpc) is 2.94. The van der Waals surface area contributed by atoms with Crippen molar-refractivity contribution in [3.63, 3.8) is 0 Å². The van der Waals surface area contributed by atoms with Crippen molar-refractivity contribution < 1.29 is 9.90 Å². The summed E-state index contributed by atoms with van der Waals surface area (Å²) < 4.78 is 0.832. The van der Waals surface area contributed by atoms with Gasteiger partial charge in [0.25, 0.3) is 0 Å². The van der Waals surface area contributed by atoms with Crippen LogP contribution in [-0.4, -0.2) is 29.1 Å². The number of hydrogen-bond donors (Lipinski definition) is 1. The number of halogens is 1. The second-order valence-corrected chi connectivity index (χ2v) is 6.65. The van der Waals surface area contributed by atoms with Crippen LogP contribution in [0.5, 0.6) is 0 Å². The number of carboxylic acid groups (broad SMARTS) is 1. The Hall–Kier alpha value is -0.580. The van der Waals surface area contributed by atoms with Crippen LogP contribution < -0.4 is 0 Å². The minimum atomic E-state index is -0.688. The van der Waals surface area contributed by atoms with Gasteiger partial charge in [0.05, 0.1) is 4.34 Å². The van der Waals surface area contributed by atoms with Crippen LogP contribution in [0.1, 0.15) is 37.1 Å². The second-order valence-electron chi connectivity index (χ2n) is 4.90. The zero-order chi connectivity index (χ0) is 13.1. The van der Waals surface area contributed by atoms with E-state index in [2.05, 4.69) is 17.9 Å². The normalized spacial score (nSPS) is 22.2. The van der Waals surface area contributed by atoms with E-state index in [1.54, 1.807) is 11.3 Å². The molecule has 1 aromatic heterocycles. The summed E-state index contributed by atoms with van der Waals surface area (Å²) in [6, 6.07) is 4.41. The van der Waals surface area contributed by atoms with E-state index in [-0.39, 0.29) is 6.42 Å². The fourth-order valence-electron chi connectivity index (χ4n) is 2.51. The van der Waals surface area contributed by atoms with E-state index >= 15 is 0 Å². The summed E-state index contributed by atoms with van der Waals surface area (Å²) in [5.74, 6) is -0.162. The predicted octanol–water partition coefficient (Wildman–Crippen LogP) is 3.65. The standard InChI is InChI=1S/C13H18ClNO2S/c1-9(11-3-4-12(14)18-11)15-7-6-10(8-15)2-5-13(16)17/h3-4,9-10H,2,5-8H2,1H3,(H,16,17). The van der Waals surface area contributed by atoms with E-state index in [0.717, 1.165) is 30.3 Å². The van der Waals surface area contributed by atoms with Gasteiger partial charge in [-0.1, -0.05) is 11.6 Å². The van der Waals surface area contributed by atoms with Gasteiger partial charge in [-0.15, -0.1) is 11.3 Å². The highest BCUT2D eigenvalue weighted by atomic mass is 35.5. The Morgan fingerprint density at radius 3 is 3.06 bits per heavy atom. The van der Waals surface area contributed by atoms with Gasteiger partial charge in [-0.05, 0) is 44.4 Å². The molecule has 5 heteroatoms. The third-order valence-electron chi connectivity index (χ3n) is 3.64. The fraction of sp³-hybridized carbons (Fsp3) is 0.615. The molecule has 0 spiro atoms. The number of thiophene rings is 1. The number of carbonyl (C=O) groups is 1. The van der Waals surface area contributed by atoms with Crippen LogP contribution in [0.2, 0.25) is 4.34 Å². The molecule has 1 fully saturated rings. The summed E-state index contributed by atoms with van der Waals surface area (Å²) in [4.78, 5) is 14.3. The number of aliphatic carboxylic acids is 1. The molecule has 0 amide bonds. The highest BCUT2D eigenvalue weighted by molar-refractivity contribution is 7.16. The van der Waals surface area contributed by atoms with Crippen molar-refractivity contribution in [3.8, 4) is 0 Å². The smallest absolute Gasteiger partial charge is 0.303 e. The molecule has 1 aromatic rings. The zero-order valence-electron chi connectivity index (χ0n) is 10.4. The molecular formula is C13H18ClNO2S. The molecule has 0 bridgehead atoms. The van der Waals surface area contributed by atoms with Crippen molar-refractivity contribution in [1.82, 2.24) is 4.90 Å². The highest BCUT2D eigenvalue weighted by Crippen LogP contribution is 2.34. The second kappa shape index (κ2) is 6.04. The fourth-order valence-corrected chi connectivity index (χ4v) is 3.66. The lowest BCUT2D eigenvalue weighted by molar-refractivity contribution is -0.137. The first-order valence-corrected chi connectivity index (χ1v) is 7.47. The van der Waals surface area contributed by atoms with Crippen LogP contribution >= 0.6 is 22.9 Å². The quantitative estimate of drug-likeness (QED) is 0.899. The molecule has 2 atom stereocenters. The molecule has 0 saturated carbocycles. The molecule has 1 N–H and O–H groups in total. The maximum Gasteiger partial charge on any atom is 0.303 e. The highest BCUT2D eigenvalue weighted by Gasteiger charge is 2.27. The maximum atomic E-state index is 10.6. The zero-order valence-corrected chi connectivity index (χ0v) is 12.0. The maximum absolute atomic E-state index is 10.6. The average molecular weight is 288 g/mol. The van der Waals surface area contributed by atoms with Crippen LogP contribution in [0.4, 0.5) is 0 Å². The Kier molecular flexibility index (Phi) is 4.65. The molecular weight excluding hydrogens is 270 g/mol. The van der Waals surface area contributed by atoms with Gasteiger partial charge in [0.1, 0.15) is 0 Å². The van der Waals surface area contributed by atoms with Crippen molar-refractivity contribution in [1.29, 1.82) is 0 Å². The topological polar surface area (TPSA) is 40.5 Å². The third kappa shape index (κ3) is 3.46. The van der Waals surface area contributed by atoms with Gasteiger partial charge in [-0.3, -0.25) is 9.69 Å². The summed E-state index contributed by atoms with van der Waals surface area (Å²) in [6.07, 6.45) is 2.19. The number of nitrogens with zero attached hydrogens (tertiary/aromatic N) is 1. The molecule has 2 unspecified atom stereocenters. The van der Waals surface area contributed by atoms with Crippen molar-refractivity contribution in [2.75, 3.05) is 13.1 Å². The SMILES string of the molecule is CC(c1ccc(Cl)s1)N1CCC(CCC(=O)O)C1. The Morgan fingerprint density at radius 2 is 2.44 bits per heavy atom. The molecule has 0 aliphatic carbocycles. The molecule has 2 rings (SSSR count). The van der Waals surface area contributed by atoms with Crippen LogP contribution in [0.25, 0.3) is 0 Å². The molecule has 0 radical (unpaired) electrons. The Morgan fingerprint density at radius 1 is 1.67 bits per heavy atom. The lowest BCUT2D eigenvalue weighted by Gasteiger charge is -2.23. The van der Waals surface area contributed by atoms with Crippen molar-refractivity contribution in [3.05, 3.63) is 21.3 Å². The number of hydrogen-bond acceptors (Lipinski definition) is 3. The van der Waals surface area contributed by atoms with Crippen molar-refractivity contribution in [2.24, 2.45) is 5.92 Å². The summed E-state index contributed by atoms with van der Waals surface area (Å²) >= 11 is 7.59. The van der Waals surface area contributed by atoms with Gasteiger partial charge < -0.3 is 5.11 Å². The largest absolute Gasteiger partial charge is 0.481 e. The van der Waals surface area contributed by atoms with Crippen LogP contribution in [0.3, 0.4) is 0 Å². The Bertz CT molecular complexity index is 421. The first kappa shape index (κ1) is 13.8. The third-order valence-corrected chi connectivity index (χ3v) is 5.04. The van der Waals surface area contributed by atoms with E-state index < -0.39 is 5.97 Å². The first-order valence-electron chi connectivity index (χ1n) is 6.27. The number of rotatable bonds is 5. The molecule has 0 aromatic carbocycles. The summed E-state index contributed by atoms with van der Waals surface area (Å²) in [7, 11) is 0. The molecule has 3 nitrogen and oxygen atoms in total. The Balaban J connectivity index is 1.86. The van der Waals surface area contributed by atoms with Gasteiger partial charge in [0.2, 0.25) is 0 Å². The molecule has 1 aliphatic heterocycles. The number of carboxylic acids is 1. The van der Waals surface area contributed by atoms with Crippen molar-refractivity contribution in [2.45, 2.75) is 32.2 Å². The predicted molar refractivity (Wildman–Crippen MR) is 74.3 cm³/mol. The van der Waals surface area contributed by atoms with E-state index in [1.807, 2.05) is 6.07 Å². The van der Waals surface area contributed by atoms with E-state index in [0.29, 0.717) is 12.0 Å². The van der Waals surface area contributed by atoms with E-state index in [9.17, 15) is 4.79 Å². The van der Waals surface area contributed by atoms with Crippen LogP contribution in [0.15, 0.2) is 12.1 Å². The Labute approximate surface area is 116 Å². The molecule has 1 aliphatic rings. The number of likely N-dealkylation sites (tertiary alicyclic amines) is 1. The first-order chi connectivity index (χ1) is 8.56. The monoisotopic (exact) mass is 287 g/mol. The molecule has 1 saturated heterocycles. The van der Waals surface area contributed by atoms with Gasteiger partial charge in [0.15, 0.2) is 0 Å². The minimum Gasteiger partial charge on any atom is -0.481 e. The van der Waals surface area contributed by atoms with Gasteiger partial charge in [-0.2, -0.15) is 0 Å². The molecule has 100 valence electrons. The summed E-state index contributed by atoms with van der Waals surface area (Å²) in [5.41, 5.74) is 0. The minimum absolute atomic E-state index is 0.289. The van der Waals surface area contributed by atoms with Gasteiger partial charge in [0, 0.05) is 23.9 Å². The van der Waals surface area contributed by atoms with Gasteiger partial charge in [-0.25, -0.2) is 0 Å². The van der Waals surface area contributed by atoms with Crippen molar-refractivity contribution >= 4 is 28.9 Å². The summed E-state index contributed by atoms with van der Waals surface area (Å²) in [5, 5.41) is 8.70. The van der Waals surface area contributed by atoms with Crippen LogP contribution in [-0.2, 0) is 4.79 Å². The molecule has 18 heavy (non-hydrogen) atoms. The van der Waals surface area contributed by atoms with E-state index in [4.69, 9.17) is 16.7 Å². The lowest BCUT2D eigenvalue weighted by atomic mass is 10.0. The molecule has 2 heterocycles. The lowest BCUT2D eigenvalue weighted by Crippen LogP contribution is -2.24. The summed E-state index contributed by atoms with van der Waals surface area (Å²) in [6.45, 7) is 4.26. The van der Waals surface area contributed by atoms with Crippen LogP contribution in [0, 0.1) is 5.92 Å². The van der Waals surface area contributed by atoms with E-state index in [1.165, 1.54) is 4.88 Å².